The predicted molar refractivity (Wildman–Crippen MR) is 69.5 cm³/mol. The van der Waals surface area contributed by atoms with Gasteiger partial charge in [-0.15, -0.1) is 0 Å². The molecule has 0 saturated heterocycles. The number of aromatic nitrogens is 1. The zero-order valence-electron chi connectivity index (χ0n) is 10.2. The summed E-state index contributed by atoms with van der Waals surface area (Å²) in [6.07, 6.45) is 1.47. The molecule has 0 aliphatic rings. The number of carbonyl (C=O) groups is 2. The van der Waals surface area contributed by atoms with Crippen LogP contribution in [0.15, 0.2) is 12.3 Å². The molecule has 1 rings (SSSR count). The highest BCUT2D eigenvalue weighted by Crippen LogP contribution is 2.17. The Labute approximate surface area is 110 Å². The molecular weight excluding hydrogens is 256 g/mol. The van der Waals surface area contributed by atoms with Gasteiger partial charge in [0.05, 0.1) is 10.6 Å². The van der Waals surface area contributed by atoms with Gasteiger partial charge >= 0.3 is 0 Å². The van der Waals surface area contributed by atoms with Crippen molar-refractivity contribution in [3.05, 3.63) is 22.8 Å². The summed E-state index contributed by atoms with van der Waals surface area (Å²) < 4.78 is 0. The Bertz CT molecular complexity index is 464. The van der Waals surface area contributed by atoms with E-state index in [0.29, 0.717) is 11.4 Å². The fourth-order valence-electron chi connectivity index (χ4n) is 1.40. The number of nitrogens with zero attached hydrogens (tertiary/aromatic N) is 1. The number of hydrogen-bond acceptors (Lipinski definition) is 4. The lowest BCUT2D eigenvalue weighted by Gasteiger charge is -2.13. The van der Waals surface area contributed by atoms with Gasteiger partial charge in [0.1, 0.15) is 5.82 Å². The summed E-state index contributed by atoms with van der Waals surface area (Å²) in [5.41, 5.74) is 5.35. The largest absolute Gasteiger partial charge is 0.373 e. The van der Waals surface area contributed by atoms with Crippen molar-refractivity contribution in [1.82, 2.24) is 10.3 Å². The summed E-state index contributed by atoms with van der Waals surface area (Å²) in [6, 6.07) is 1.19. The van der Waals surface area contributed by atoms with E-state index in [2.05, 4.69) is 15.6 Å². The molecule has 1 aromatic heterocycles. The first kappa shape index (κ1) is 14.2. The standard InChI is InChI=1S/C11H15ClN4O2/c1-6(3-9(13)17)16-11(18)7-4-10(14-2)15-5-8(7)12/h4-6H,3H2,1-2H3,(H2,13,17)(H,14,15)(H,16,18). The fourth-order valence-corrected chi connectivity index (χ4v) is 1.59. The number of nitrogens with one attached hydrogen (secondary N) is 2. The lowest BCUT2D eigenvalue weighted by Crippen LogP contribution is -2.35. The quantitative estimate of drug-likeness (QED) is 0.736. The van der Waals surface area contributed by atoms with Crippen molar-refractivity contribution in [3.8, 4) is 0 Å². The Hall–Kier alpha value is -1.82. The van der Waals surface area contributed by atoms with Crippen LogP contribution in [-0.2, 0) is 4.79 Å². The van der Waals surface area contributed by atoms with Crippen LogP contribution in [0.4, 0.5) is 5.82 Å². The first-order valence-electron chi connectivity index (χ1n) is 5.36. The van der Waals surface area contributed by atoms with Crippen molar-refractivity contribution in [2.24, 2.45) is 5.73 Å². The number of rotatable bonds is 5. The van der Waals surface area contributed by atoms with Gasteiger partial charge in [0.15, 0.2) is 0 Å². The Morgan fingerprint density at radius 3 is 2.78 bits per heavy atom. The number of primary amides is 1. The van der Waals surface area contributed by atoms with E-state index in [1.54, 1.807) is 14.0 Å². The molecule has 1 aromatic rings. The number of amides is 2. The topological polar surface area (TPSA) is 97.1 Å². The fraction of sp³-hybridized carbons (Fsp3) is 0.364. The maximum atomic E-state index is 11.9. The molecule has 0 aromatic carbocycles. The predicted octanol–water partition coefficient (Wildman–Crippen LogP) is 0.770. The number of pyridine rings is 1. The highest BCUT2D eigenvalue weighted by molar-refractivity contribution is 6.33. The van der Waals surface area contributed by atoms with Gasteiger partial charge < -0.3 is 16.4 Å². The maximum absolute atomic E-state index is 11.9. The van der Waals surface area contributed by atoms with Gasteiger partial charge in [0, 0.05) is 25.7 Å². The highest BCUT2D eigenvalue weighted by Gasteiger charge is 2.15. The van der Waals surface area contributed by atoms with Crippen LogP contribution in [0.1, 0.15) is 23.7 Å². The lowest BCUT2D eigenvalue weighted by molar-refractivity contribution is -0.118. The maximum Gasteiger partial charge on any atom is 0.253 e. The number of anilines is 1. The van der Waals surface area contributed by atoms with Crippen molar-refractivity contribution >= 4 is 29.2 Å². The van der Waals surface area contributed by atoms with E-state index >= 15 is 0 Å². The molecule has 7 heteroatoms. The number of hydrogen-bond donors (Lipinski definition) is 3. The van der Waals surface area contributed by atoms with Crippen molar-refractivity contribution in [2.75, 3.05) is 12.4 Å². The third kappa shape index (κ3) is 3.89. The molecule has 0 spiro atoms. The van der Waals surface area contributed by atoms with Crippen LogP contribution in [0, 0.1) is 0 Å². The molecule has 98 valence electrons. The molecule has 1 unspecified atom stereocenters. The first-order valence-corrected chi connectivity index (χ1v) is 5.74. The van der Waals surface area contributed by atoms with E-state index in [1.165, 1.54) is 12.3 Å². The van der Waals surface area contributed by atoms with Crippen LogP contribution in [0.5, 0.6) is 0 Å². The van der Waals surface area contributed by atoms with E-state index in [1.807, 2.05) is 0 Å². The molecule has 2 amide bonds. The Morgan fingerprint density at radius 2 is 2.22 bits per heavy atom. The summed E-state index contributed by atoms with van der Waals surface area (Å²) in [5.74, 6) is -0.306. The second-order valence-electron chi connectivity index (χ2n) is 3.84. The molecule has 0 fully saturated rings. The summed E-state index contributed by atoms with van der Waals surface area (Å²) in [7, 11) is 1.69. The molecule has 1 atom stereocenters. The first-order chi connectivity index (χ1) is 8.43. The molecule has 18 heavy (non-hydrogen) atoms. The minimum atomic E-state index is -0.473. The minimum Gasteiger partial charge on any atom is -0.373 e. The zero-order valence-corrected chi connectivity index (χ0v) is 10.9. The van der Waals surface area contributed by atoms with Crippen LogP contribution in [0.2, 0.25) is 5.02 Å². The smallest absolute Gasteiger partial charge is 0.253 e. The van der Waals surface area contributed by atoms with Crippen LogP contribution < -0.4 is 16.4 Å². The number of carbonyl (C=O) groups excluding carboxylic acids is 2. The van der Waals surface area contributed by atoms with Crippen molar-refractivity contribution in [1.29, 1.82) is 0 Å². The zero-order chi connectivity index (χ0) is 13.7. The Balaban J connectivity index is 2.80. The van der Waals surface area contributed by atoms with Gasteiger partial charge in [-0.1, -0.05) is 11.6 Å². The third-order valence-corrected chi connectivity index (χ3v) is 2.54. The molecule has 1 heterocycles. The van der Waals surface area contributed by atoms with Gasteiger partial charge in [-0.2, -0.15) is 0 Å². The van der Waals surface area contributed by atoms with Crippen molar-refractivity contribution in [3.63, 3.8) is 0 Å². The van der Waals surface area contributed by atoms with Crippen molar-refractivity contribution < 1.29 is 9.59 Å². The Kier molecular flexibility index (Phi) is 4.91. The summed E-state index contributed by atoms with van der Waals surface area (Å²) in [6.45, 7) is 1.69. The average molecular weight is 271 g/mol. The van der Waals surface area contributed by atoms with Crippen LogP contribution >= 0.6 is 11.6 Å². The average Bonchev–Trinajstić information content (AvgIpc) is 2.28. The summed E-state index contributed by atoms with van der Waals surface area (Å²) >= 11 is 5.89. The molecule has 6 nitrogen and oxygen atoms in total. The number of halogens is 1. The van der Waals surface area contributed by atoms with Crippen LogP contribution in [-0.4, -0.2) is 29.9 Å². The third-order valence-electron chi connectivity index (χ3n) is 2.24. The highest BCUT2D eigenvalue weighted by atomic mass is 35.5. The second kappa shape index (κ2) is 6.20. The number of nitrogens with two attached hydrogens (primary N) is 1. The summed E-state index contributed by atoms with van der Waals surface area (Å²) in [4.78, 5) is 26.6. The van der Waals surface area contributed by atoms with Gasteiger partial charge in [-0.05, 0) is 13.0 Å². The molecule has 0 saturated carbocycles. The molecule has 0 aliphatic carbocycles. The van der Waals surface area contributed by atoms with Crippen LogP contribution in [0.3, 0.4) is 0 Å². The van der Waals surface area contributed by atoms with E-state index in [4.69, 9.17) is 17.3 Å². The van der Waals surface area contributed by atoms with Crippen molar-refractivity contribution in [2.45, 2.75) is 19.4 Å². The molecule has 0 aliphatic heterocycles. The molecule has 4 N–H and O–H groups in total. The van der Waals surface area contributed by atoms with E-state index < -0.39 is 5.91 Å². The van der Waals surface area contributed by atoms with Gasteiger partial charge in [0.2, 0.25) is 5.91 Å². The van der Waals surface area contributed by atoms with Crippen LogP contribution in [0.25, 0.3) is 0 Å². The Morgan fingerprint density at radius 1 is 1.56 bits per heavy atom. The molecular formula is C11H15ClN4O2. The van der Waals surface area contributed by atoms with Gasteiger partial charge in [-0.3, -0.25) is 9.59 Å². The molecule has 0 radical (unpaired) electrons. The monoisotopic (exact) mass is 270 g/mol. The normalized spacial score (nSPS) is 11.7. The SMILES string of the molecule is CNc1cc(C(=O)NC(C)CC(N)=O)c(Cl)cn1. The second-order valence-corrected chi connectivity index (χ2v) is 4.25. The van der Waals surface area contributed by atoms with E-state index in [0.717, 1.165) is 0 Å². The van der Waals surface area contributed by atoms with E-state index in [9.17, 15) is 9.59 Å². The minimum absolute atomic E-state index is 0.0767. The van der Waals surface area contributed by atoms with Gasteiger partial charge in [0.25, 0.3) is 5.91 Å². The van der Waals surface area contributed by atoms with Gasteiger partial charge in [-0.25, -0.2) is 4.98 Å². The van der Waals surface area contributed by atoms with E-state index in [-0.39, 0.29) is 23.4 Å². The molecule has 0 bridgehead atoms. The summed E-state index contributed by atoms with van der Waals surface area (Å²) in [5, 5.41) is 5.70. The lowest BCUT2D eigenvalue weighted by atomic mass is 10.2.